The minimum Gasteiger partial charge on any atom is -0.447 e. The zero-order chi connectivity index (χ0) is 19.2. The van der Waals surface area contributed by atoms with Crippen LogP contribution in [0.25, 0.3) is 0 Å². The molecular weight excluding hydrogens is 344 g/mol. The van der Waals surface area contributed by atoms with Crippen molar-refractivity contribution in [3.05, 3.63) is 70.8 Å². The number of hydrogen-bond acceptors (Lipinski definition) is 4. The second-order valence-electron chi connectivity index (χ2n) is 6.48. The average molecular weight is 366 g/mol. The third-order valence-corrected chi connectivity index (χ3v) is 4.56. The number of carbonyl (C=O) groups excluding carboxylic acids is 3. The lowest BCUT2D eigenvalue weighted by atomic mass is 10.0. The molecule has 3 rings (SSSR count). The number of imide groups is 1. The molecule has 140 valence electrons. The molecule has 0 unspecified atom stereocenters. The third-order valence-electron chi connectivity index (χ3n) is 4.56. The van der Waals surface area contributed by atoms with E-state index >= 15 is 0 Å². The number of nitrogens with one attached hydrogen (secondary N) is 2. The largest absolute Gasteiger partial charge is 0.447 e. The number of carbonyl (C=O) groups is 3. The minimum atomic E-state index is -1.19. The second kappa shape index (κ2) is 8.49. The van der Waals surface area contributed by atoms with Crippen molar-refractivity contribution in [1.82, 2.24) is 10.6 Å². The highest BCUT2D eigenvalue weighted by Gasteiger charge is 2.26. The minimum absolute atomic E-state index is 0.0733. The van der Waals surface area contributed by atoms with E-state index in [0.29, 0.717) is 5.56 Å². The van der Waals surface area contributed by atoms with Crippen molar-refractivity contribution in [3.8, 4) is 0 Å². The zero-order valence-corrected chi connectivity index (χ0v) is 15.2. The van der Waals surface area contributed by atoms with Crippen LogP contribution >= 0.6 is 0 Å². The van der Waals surface area contributed by atoms with Gasteiger partial charge in [0.1, 0.15) is 0 Å². The van der Waals surface area contributed by atoms with E-state index in [0.717, 1.165) is 24.8 Å². The van der Waals surface area contributed by atoms with E-state index in [1.165, 1.54) is 18.2 Å². The number of rotatable bonds is 5. The van der Waals surface area contributed by atoms with Crippen molar-refractivity contribution < 1.29 is 19.1 Å². The molecule has 0 radical (unpaired) electrons. The lowest BCUT2D eigenvalue weighted by Crippen LogP contribution is -2.41. The van der Waals surface area contributed by atoms with E-state index in [4.69, 9.17) is 4.74 Å². The Morgan fingerprint density at radius 2 is 1.78 bits per heavy atom. The number of fused-ring (bicyclic) bond motifs is 1. The highest BCUT2D eigenvalue weighted by molar-refractivity contribution is 5.97. The molecule has 6 heteroatoms. The normalized spacial score (nSPS) is 13.4. The zero-order valence-electron chi connectivity index (χ0n) is 15.2. The van der Waals surface area contributed by atoms with E-state index in [1.807, 2.05) is 12.1 Å². The first-order valence-corrected chi connectivity index (χ1v) is 8.94. The summed E-state index contributed by atoms with van der Waals surface area (Å²) in [6.07, 6.45) is 2.13. The fourth-order valence-corrected chi connectivity index (χ4v) is 3.22. The highest BCUT2D eigenvalue weighted by atomic mass is 16.5. The number of urea groups is 1. The predicted octanol–water partition coefficient (Wildman–Crippen LogP) is 2.46. The van der Waals surface area contributed by atoms with Crippen LogP contribution in [0, 0.1) is 0 Å². The summed E-state index contributed by atoms with van der Waals surface area (Å²) >= 11 is 0. The monoisotopic (exact) mass is 366 g/mol. The van der Waals surface area contributed by atoms with Gasteiger partial charge in [-0.05, 0) is 36.0 Å². The van der Waals surface area contributed by atoms with Crippen LogP contribution in [0.1, 0.15) is 34.8 Å². The molecule has 6 nitrogen and oxygen atoms in total. The summed E-state index contributed by atoms with van der Waals surface area (Å²) in [6.45, 7) is 0. The van der Waals surface area contributed by atoms with Crippen molar-refractivity contribution in [2.24, 2.45) is 0 Å². The van der Waals surface area contributed by atoms with Crippen molar-refractivity contribution in [3.63, 3.8) is 0 Å². The van der Waals surface area contributed by atoms with Gasteiger partial charge in [0.2, 0.25) is 6.10 Å². The molecule has 2 aromatic rings. The van der Waals surface area contributed by atoms with Crippen LogP contribution < -0.4 is 10.6 Å². The maximum Gasteiger partial charge on any atom is 0.321 e. The maximum absolute atomic E-state index is 12.5. The third kappa shape index (κ3) is 4.73. The van der Waals surface area contributed by atoms with Crippen LogP contribution in [0.2, 0.25) is 0 Å². The molecular formula is C21H22N2O4. The van der Waals surface area contributed by atoms with Gasteiger partial charge in [0.05, 0.1) is 6.42 Å². The Bertz CT molecular complexity index is 849. The number of esters is 1. The number of benzene rings is 2. The van der Waals surface area contributed by atoms with Crippen molar-refractivity contribution in [2.75, 3.05) is 7.05 Å². The van der Waals surface area contributed by atoms with E-state index < -0.39 is 24.0 Å². The second-order valence-corrected chi connectivity index (χ2v) is 6.48. The number of aryl methyl sites for hydroxylation is 2. The molecule has 0 aromatic heterocycles. The molecule has 0 bridgehead atoms. The van der Waals surface area contributed by atoms with E-state index in [-0.39, 0.29) is 6.42 Å². The molecule has 1 aliphatic rings. The molecule has 0 saturated carbocycles. The number of hydrogen-bond donors (Lipinski definition) is 2. The first-order valence-electron chi connectivity index (χ1n) is 8.94. The van der Waals surface area contributed by atoms with Gasteiger partial charge in [0.15, 0.2) is 0 Å². The summed E-state index contributed by atoms with van der Waals surface area (Å²) in [6, 6.07) is 14.0. The van der Waals surface area contributed by atoms with Crippen molar-refractivity contribution in [2.45, 2.75) is 31.8 Å². The fourth-order valence-electron chi connectivity index (χ4n) is 3.22. The Kier molecular flexibility index (Phi) is 5.86. The van der Waals surface area contributed by atoms with Gasteiger partial charge in [-0.1, -0.05) is 48.5 Å². The SMILES string of the molecule is CNC(=O)NC(=O)[C@H](OC(=O)Cc1ccc2c(c1)CCC2)c1ccccc1. The van der Waals surface area contributed by atoms with Crippen LogP contribution in [-0.2, 0) is 33.6 Å². The van der Waals surface area contributed by atoms with Gasteiger partial charge < -0.3 is 10.1 Å². The topological polar surface area (TPSA) is 84.5 Å². The number of amides is 3. The van der Waals surface area contributed by atoms with Gasteiger partial charge in [-0.15, -0.1) is 0 Å². The van der Waals surface area contributed by atoms with Gasteiger partial charge in [0.25, 0.3) is 5.91 Å². The maximum atomic E-state index is 12.5. The highest BCUT2D eigenvalue weighted by Crippen LogP contribution is 2.24. The Labute approximate surface area is 157 Å². The Hall–Kier alpha value is -3.15. The lowest BCUT2D eigenvalue weighted by Gasteiger charge is -2.17. The molecule has 0 spiro atoms. The molecule has 3 amide bonds. The van der Waals surface area contributed by atoms with Gasteiger partial charge in [0, 0.05) is 12.6 Å². The van der Waals surface area contributed by atoms with Gasteiger partial charge in [-0.2, -0.15) is 0 Å². The average Bonchev–Trinajstić information content (AvgIpc) is 3.14. The summed E-state index contributed by atoms with van der Waals surface area (Å²) in [4.78, 5) is 36.3. The van der Waals surface area contributed by atoms with E-state index in [2.05, 4.69) is 16.7 Å². The van der Waals surface area contributed by atoms with Crippen molar-refractivity contribution >= 4 is 17.9 Å². The standard InChI is InChI=1S/C21H22N2O4/c1-22-21(26)23-20(25)19(16-6-3-2-4-7-16)27-18(24)13-14-10-11-15-8-5-9-17(15)12-14/h2-4,6-7,10-12,19H,5,8-9,13H2,1H3,(H2,22,23,25,26)/t19-/m1/s1. The number of ether oxygens (including phenoxy) is 1. The van der Waals surface area contributed by atoms with Crippen LogP contribution in [0.4, 0.5) is 4.79 Å². The van der Waals surface area contributed by atoms with Gasteiger partial charge in [-0.3, -0.25) is 14.9 Å². The molecule has 27 heavy (non-hydrogen) atoms. The molecule has 1 aliphatic carbocycles. The Morgan fingerprint density at radius 3 is 2.52 bits per heavy atom. The fraction of sp³-hybridized carbons (Fsp3) is 0.286. The molecule has 0 heterocycles. The van der Waals surface area contributed by atoms with Gasteiger partial charge >= 0.3 is 12.0 Å². The lowest BCUT2D eigenvalue weighted by molar-refractivity contribution is -0.155. The van der Waals surface area contributed by atoms with Crippen LogP contribution in [-0.4, -0.2) is 25.0 Å². The Morgan fingerprint density at radius 1 is 1.04 bits per heavy atom. The summed E-state index contributed by atoms with van der Waals surface area (Å²) in [7, 11) is 1.40. The molecule has 1 atom stereocenters. The van der Waals surface area contributed by atoms with E-state index in [9.17, 15) is 14.4 Å². The molecule has 0 fully saturated rings. The van der Waals surface area contributed by atoms with Crippen LogP contribution in [0.3, 0.4) is 0 Å². The van der Waals surface area contributed by atoms with Crippen LogP contribution in [0.15, 0.2) is 48.5 Å². The predicted molar refractivity (Wildman–Crippen MR) is 100 cm³/mol. The summed E-state index contributed by atoms with van der Waals surface area (Å²) in [5.74, 6) is -1.21. The molecule has 2 aromatic carbocycles. The van der Waals surface area contributed by atoms with E-state index in [1.54, 1.807) is 30.3 Å². The molecule has 0 saturated heterocycles. The summed E-state index contributed by atoms with van der Waals surface area (Å²) < 4.78 is 5.44. The molecule has 2 N–H and O–H groups in total. The first-order chi connectivity index (χ1) is 13.1. The van der Waals surface area contributed by atoms with Crippen LogP contribution in [0.5, 0.6) is 0 Å². The Balaban J connectivity index is 1.72. The van der Waals surface area contributed by atoms with Crippen molar-refractivity contribution in [1.29, 1.82) is 0 Å². The summed E-state index contributed by atoms with van der Waals surface area (Å²) in [5.41, 5.74) is 3.97. The summed E-state index contributed by atoms with van der Waals surface area (Å²) in [5, 5.41) is 4.47. The molecule has 0 aliphatic heterocycles. The van der Waals surface area contributed by atoms with Gasteiger partial charge in [-0.25, -0.2) is 4.79 Å². The first kappa shape index (κ1) is 18.6. The quantitative estimate of drug-likeness (QED) is 0.796. The smallest absolute Gasteiger partial charge is 0.321 e.